The largest absolute Gasteiger partial charge is 0.392 e. The van der Waals surface area contributed by atoms with E-state index in [2.05, 4.69) is 0 Å². The standard InChI is InChI=1S/C10H10ClNO3S/c1-2-8-3-7(6-13)4-9(5-12)10(8)16(11,14)15/h3-4,13H,2,6H2,1H3. The number of hydrogen-bond donors (Lipinski definition) is 1. The second-order valence-electron chi connectivity index (χ2n) is 3.19. The third kappa shape index (κ3) is 2.53. The van der Waals surface area contributed by atoms with E-state index in [0.29, 0.717) is 17.5 Å². The molecule has 0 saturated carbocycles. The average Bonchev–Trinajstić information content (AvgIpc) is 2.25. The number of nitriles is 1. The van der Waals surface area contributed by atoms with Crippen LogP contribution in [-0.4, -0.2) is 13.5 Å². The summed E-state index contributed by atoms with van der Waals surface area (Å²) in [6, 6.07) is 4.64. The van der Waals surface area contributed by atoms with Crippen molar-refractivity contribution >= 4 is 19.7 Å². The molecule has 86 valence electrons. The van der Waals surface area contributed by atoms with Crippen molar-refractivity contribution in [1.29, 1.82) is 5.26 Å². The van der Waals surface area contributed by atoms with Crippen molar-refractivity contribution in [2.75, 3.05) is 0 Å². The van der Waals surface area contributed by atoms with E-state index in [1.807, 2.05) is 0 Å². The topological polar surface area (TPSA) is 78.2 Å². The lowest BCUT2D eigenvalue weighted by Gasteiger charge is -2.08. The maximum Gasteiger partial charge on any atom is 0.262 e. The third-order valence-corrected chi connectivity index (χ3v) is 3.59. The Labute approximate surface area is 98.5 Å². The number of benzene rings is 1. The molecule has 1 aromatic rings. The quantitative estimate of drug-likeness (QED) is 0.835. The molecule has 4 nitrogen and oxygen atoms in total. The molecule has 0 amide bonds. The van der Waals surface area contributed by atoms with Gasteiger partial charge in [0.25, 0.3) is 9.05 Å². The minimum atomic E-state index is -3.95. The van der Waals surface area contributed by atoms with Crippen molar-refractivity contribution < 1.29 is 13.5 Å². The molecule has 0 atom stereocenters. The van der Waals surface area contributed by atoms with Crippen molar-refractivity contribution in [3.8, 4) is 6.07 Å². The predicted octanol–water partition coefficient (Wildman–Crippen LogP) is 1.54. The van der Waals surface area contributed by atoms with Crippen molar-refractivity contribution in [1.82, 2.24) is 0 Å². The van der Waals surface area contributed by atoms with E-state index < -0.39 is 9.05 Å². The van der Waals surface area contributed by atoms with Gasteiger partial charge < -0.3 is 5.11 Å². The van der Waals surface area contributed by atoms with Gasteiger partial charge in [0.2, 0.25) is 0 Å². The SMILES string of the molecule is CCc1cc(CO)cc(C#N)c1S(=O)(=O)Cl. The number of aliphatic hydroxyl groups is 1. The molecule has 0 bridgehead atoms. The molecule has 1 aromatic carbocycles. The van der Waals surface area contributed by atoms with Crippen molar-refractivity contribution in [3.63, 3.8) is 0 Å². The van der Waals surface area contributed by atoms with Crippen LogP contribution in [0, 0.1) is 11.3 Å². The van der Waals surface area contributed by atoms with Gasteiger partial charge in [-0.05, 0) is 23.6 Å². The summed E-state index contributed by atoms with van der Waals surface area (Å²) in [7, 11) is 1.34. The van der Waals surface area contributed by atoms with E-state index in [-0.39, 0.29) is 17.1 Å². The second kappa shape index (κ2) is 4.83. The van der Waals surface area contributed by atoms with Crippen LogP contribution < -0.4 is 0 Å². The monoisotopic (exact) mass is 259 g/mol. The predicted molar refractivity (Wildman–Crippen MR) is 59.5 cm³/mol. The minimum Gasteiger partial charge on any atom is -0.392 e. The highest BCUT2D eigenvalue weighted by atomic mass is 35.7. The Morgan fingerprint density at radius 2 is 2.12 bits per heavy atom. The number of halogens is 1. The van der Waals surface area contributed by atoms with Crippen molar-refractivity contribution in [2.24, 2.45) is 0 Å². The fourth-order valence-corrected chi connectivity index (χ4v) is 2.91. The molecule has 16 heavy (non-hydrogen) atoms. The number of aryl methyl sites for hydroxylation is 1. The van der Waals surface area contributed by atoms with E-state index in [1.165, 1.54) is 12.1 Å². The maximum atomic E-state index is 11.3. The smallest absolute Gasteiger partial charge is 0.262 e. The zero-order chi connectivity index (χ0) is 12.3. The van der Waals surface area contributed by atoms with Crippen LogP contribution >= 0.6 is 10.7 Å². The van der Waals surface area contributed by atoms with Crippen LogP contribution in [0.1, 0.15) is 23.6 Å². The summed E-state index contributed by atoms with van der Waals surface area (Å²) < 4.78 is 22.7. The molecule has 6 heteroatoms. The molecule has 0 spiro atoms. The van der Waals surface area contributed by atoms with Gasteiger partial charge in [-0.3, -0.25) is 0 Å². The summed E-state index contributed by atoms with van der Waals surface area (Å²) in [5, 5.41) is 17.8. The molecule has 0 saturated heterocycles. The zero-order valence-corrected chi connectivity index (χ0v) is 10.1. The summed E-state index contributed by atoms with van der Waals surface area (Å²) in [4.78, 5) is -0.156. The van der Waals surface area contributed by atoms with Gasteiger partial charge in [0.15, 0.2) is 0 Å². The minimum absolute atomic E-state index is 0.0293. The Kier molecular flexibility index (Phi) is 3.92. The van der Waals surface area contributed by atoms with Crippen LogP contribution in [0.5, 0.6) is 0 Å². The summed E-state index contributed by atoms with van der Waals surface area (Å²) >= 11 is 0. The lowest BCUT2D eigenvalue weighted by molar-refractivity contribution is 0.281. The first-order chi connectivity index (χ1) is 7.43. The molecule has 1 rings (SSSR count). The van der Waals surface area contributed by atoms with Crippen LogP contribution in [0.4, 0.5) is 0 Å². The molecular weight excluding hydrogens is 250 g/mol. The fraction of sp³-hybridized carbons (Fsp3) is 0.300. The van der Waals surface area contributed by atoms with Gasteiger partial charge in [0, 0.05) is 10.7 Å². The van der Waals surface area contributed by atoms with Crippen molar-refractivity contribution in [3.05, 3.63) is 28.8 Å². The Morgan fingerprint density at radius 1 is 1.50 bits per heavy atom. The van der Waals surface area contributed by atoms with E-state index in [4.69, 9.17) is 21.1 Å². The van der Waals surface area contributed by atoms with Crippen LogP contribution in [0.25, 0.3) is 0 Å². The highest BCUT2D eigenvalue weighted by molar-refractivity contribution is 8.13. The van der Waals surface area contributed by atoms with Crippen molar-refractivity contribution in [2.45, 2.75) is 24.8 Å². The molecule has 0 heterocycles. The zero-order valence-electron chi connectivity index (χ0n) is 8.57. The lowest BCUT2D eigenvalue weighted by Crippen LogP contribution is -2.03. The summed E-state index contributed by atoms with van der Waals surface area (Å²) in [5.74, 6) is 0. The normalized spacial score (nSPS) is 11.1. The number of aliphatic hydroxyl groups excluding tert-OH is 1. The van der Waals surface area contributed by atoms with E-state index in [9.17, 15) is 8.42 Å². The molecule has 1 N–H and O–H groups in total. The molecule has 0 aliphatic heterocycles. The van der Waals surface area contributed by atoms with E-state index in [0.717, 1.165) is 0 Å². The van der Waals surface area contributed by atoms with Crippen LogP contribution in [0.15, 0.2) is 17.0 Å². The van der Waals surface area contributed by atoms with Gasteiger partial charge in [-0.15, -0.1) is 0 Å². The van der Waals surface area contributed by atoms with Gasteiger partial charge >= 0.3 is 0 Å². The van der Waals surface area contributed by atoms with Gasteiger partial charge in [0.05, 0.1) is 12.2 Å². The maximum absolute atomic E-state index is 11.3. The summed E-state index contributed by atoms with van der Waals surface area (Å²) in [6.45, 7) is 1.51. The van der Waals surface area contributed by atoms with Gasteiger partial charge in [-0.25, -0.2) is 8.42 Å². The molecular formula is C10H10ClNO3S. The third-order valence-electron chi connectivity index (χ3n) is 2.15. The molecule has 0 radical (unpaired) electrons. The number of hydrogen-bond acceptors (Lipinski definition) is 4. The Morgan fingerprint density at radius 3 is 2.50 bits per heavy atom. The first kappa shape index (κ1) is 13.0. The van der Waals surface area contributed by atoms with Gasteiger partial charge in [0.1, 0.15) is 11.0 Å². The molecule has 0 aliphatic carbocycles. The average molecular weight is 260 g/mol. The van der Waals surface area contributed by atoms with Crippen LogP contribution in [0.3, 0.4) is 0 Å². The Bertz CT molecular complexity index is 546. The number of nitrogens with zero attached hydrogens (tertiary/aromatic N) is 1. The first-order valence-electron chi connectivity index (χ1n) is 4.55. The first-order valence-corrected chi connectivity index (χ1v) is 6.86. The summed E-state index contributed by atoms with van der Waals surface area (Å²) in [5.41, 5.74) is 0.911. The summed E-state index contributed by atoms with van der Waals surface area (Å²) in [6.07, 6.45) is 0.420. The molecule has 0 unspecified atom stereocenters. The number of rotatable bonds is 3. The van der Waals surface area contributed by atoms with Crippen LogP contribution in [0.2, 0.25) is 0 Å². The lowest BCUT2D eigenvalue weighted by atomic mass is 10.0. The highest BCUT2D eigenvalue weighted by Gasteiger charge is 2.20. The van der Waals surface area contributed by atoms with Gasteiger partial charge in [-0.1, -0.05) is 13.0 Å². The Balaban J connectivity index is 3.65. The fourth-order valence-electron chi connectivity index (χ4n) is 1.48. The van der Waals surface area contributed by atoms with Gasteiger partial charge in [-0.2, -0.15) is 5.26 Å². The molecule has 0 aliphatic rings. The molecule has 0 fully saturated rings. The Hall–Kier alpha value is -1.09. The van der Waals surface area contributed by atoms with E-state index >= 15 is 0 Å². The van der Waals surface area contributed by atoms with Crippen LogP contribution in [-0.2, 0) is 22.1 Å². The second-order valence-corrected chi connectivity index (χ2v) is 5.70. The highest BCUT2D eigenvalue weighted by Crippen LogP contribution is 2.26. The molecule has 0 aromatic heterocycles. The van der Waals surface area contributed by atoms with E-state index in [1.54, 1.807) is 13.0 Å².